The molecule has 1 aliphatic rings. The maximum atomic E-state index is 12.2. The first-order valence-electron chi connectivity index (χ1n) is 4.48. The fraction of sp³-hybridized carbons (Fsp3) is 0.778. The van der Waals surface area contributed by atoms with Crippen molar-refractivity contribution in [2.75, 3.05) is 13.1 Å². The minimum Gasteiger partial charge on any atom is -0.388 e. The molecule has 0 aromatic rings. The normalized spacial score (nSPS) is 30.4. The average molecular weight is 209 g/mol. The minimum atomic E-state index is -4.50. The van der Waals surface area contributed by atoms with Crippen molar-refractivity contribution >= 4 is 0 Å². The maximum absolute atomic E-state index is 12.2. The maximum Gasteiger partial charge on any atom is 0.414 e. The fourth-order valence-corrected chi connectivity index (χ4v) is 1.68. The van der Waals surface area contributed by atoms with Gasteiger partial charge in [0, 0.05) is 12.5 Å². The van der Waals surface area contributed by atoms with Gasteiger partial charge in [0.15, 0.2) is 0 Å². The Balaban J connectivity index is 2.65. The lowest BCUT2D eigenvalue weighted by molar-refractivity contribution is -0.109. The number of halogens is 3. The van der Waals surface area contributed by atoms with Crippen LogP contribution < -0.4 is 5.32 Å². The second kappa shape index (κ2) is 3.90. The van der Waals surface area contributed by atoms with Crippen molar-refractivity contribution in [2.45, 2.75) is 19.2 Å². The van der Waals surface area contributed by atoms with Crippen LogP contribution in [0.15, 0.2) is 12.2 Å². The van der Waals surface area contributed by atoms with Crippen LogP contribution in [0.5, 0.6) is 0 Å². The summed E-state index contributed by atoms with van der Waals surface area (Å²) in [4.78, 5) is 0. The average Bonchev–Trinajstić information content (AvgIpc) is 2.47. The van der Waals surface area contributed by atoms with E-state index in [-0.39, 0.29) is 11.8 Å². The Morgan fingerprint density at radius 1 is 1.50 bits per heavy atom. The summed E-state index contributed by atoms with van der Waals surface area (Å²) >= 11 is 0. The molecule has 0 bridgehead atoms. The molecule has 1 saturated heterocycles. The van der Waals surface area contributed by atoms with E-state index in [4.69, 9.17) is 0 Å². The third-order valence-corrected chi connectivity index (χ3v) is 2.70. The minimum absolute atomic E-state index is 0.0455. The molecule has 3 unspecified atom stereocenters. The molecule has 1 aliphatic heterocycles. The van der Waals surface area contributed by atoms with Gasteiger partial charge in [-0.2, -0.15) is 13.2 Å². The standard InChI is InChI=1S/C9H14F3NO/c1-5-3-13-4-7(5)8(14)6(2)9(10,11)12/h5,7-8,13-14H,2-4H2,1H3. The SMILES string of the molecule is C=C(C(O)C1CNCC1C)C(F)(F)F. The third-order valence-electron chi connectivity index (χ3n) is 2.70. The van der Waals surface area contributed by atoms with Gasteiger partial charge in [0.25, 0.3) is 0 Å². The van der Waals surface area contributed by atoms with Crippen molar-refractivity contribution in [3.63, 3.8) is 0 Å². The van der Waals surface area contributed by atoms with E-state index >= 15 is 0 Å². The van der Waals surface area contributed by atoms with Crippen molar-refractivity contribution in [1.29, 1.82) is 0 Å². The summed E-state index contributed by atoms with van der Waals surface area (Å²) in [5.74, 6) is -0.340. The Labute approximate surface area is 80.8 Å². The Morgan fingerprint density at radius 3 is 2.43 bits per heavy atom. The van der Waals surface area contributed by atoms with Crippen LogP contribution in [0.25, 0.3) is 0 Å². The van der Waals surface area contributed by atoms with Crippen LogP contribution in [0.2, 0.25) is 0 Å². The summed E-state index contributed by atoms with van der Waals surface area (Å²) in [6.07, 6.45) is -5.98. The van der Waals surface area contributed by atoms with Crippen molar-refractivity contribution in [3.05, 3.63) is 12.2 Å². The van der Waals surface area contributed by atoms with Crippen LogP contribution in [-0.4, -0.2) is 30.5 Å². The van der Waals surface area contributed by atoms with Crippen molar-refractivity contribution in [3.8, 4) is 0 Å². The molecule has 0 amide bonds. The molecule has 14 heavy (non-hydrogen) atoms. The molecule has 0 aromatic heterocycles. The highest BCUT2D eigenvalue weighted by Gasteiger charge is 2.41. The van der Waals surface area contributed by atoms with Gasteiger partial charge in [0.2, 0.25) is 0 Å². The molecule has 0 saturated carbocycles. The van der Waals surface area contributed by atoms with Gasteiger partial charge in [-0.1, -0.05) is 13.5 Å². The molecule has 3 atom stereocenters. The first-order chi connectivity index (χ1) is 6.34. The van der Waals surface area contributed by atoms with Crippen molar-refractivity contribution in [2.24, 2.45) is 11.8 Å². The Kier molecular flexibility index (Phi) is 3.21. The molecule has 2 N–H and O–H groups in total. The largest absolute Gasteiger partial charge is 0.414 e. The topological polar surface area (TPSA) is 32.3 Å². The van der Waals surface area contributed by atoms with Gasteiger partial charge >= 0.3 is 6.18 Å². The van der Waals surface area contributed by atoms with Gasteiger partial charge < -0.3 is 10.4 Å². The molecule has 1 heterocycles. The van der Waals surface area contributed by atoms with Gasteiger partial charge in [-0.3, -0.25) is 0 Å². The van der Waals surface area contributed by atoms with Crippen LogP contribution >= 0.6 is 0 Å². The highest BCUT2D eigenvalue weighted by atomic mass is 19.4. The number of aliphatic hydroxyl groups is 1. The molecular formula is C9H14F3NO. The second-order valence-electron chi connectivity index (χ2n) is 3.77. The summed E-state index contributed by atoms with van der Waals surface area (Å²) in [7, 11) is 0. The zero-order chi connectivity index (χ0) is 10.9. The second-order valence-corrected chi connectivity index (χ2v) is 3.77. The molecule has 82 valence electrons. The van der Waals surface area contributed by atoms with Gasteiger partial charge in [0.1, 0.15) is 0 Å². The highest BCUT2D eigenvalue weighted by molar-refractivity contribution is 5.12. The number of rotatable bonds is 2. The Bertz CT molecular complexity index is 227. The van der Waals surface area contributed by atoms with Crippen LogP contribution in [-0.2, 0) is 0 Å². The van der Waals surface area contributed by atoms with E-state index < -0.39 is 17.9 Å². The molecule has 5 heteroatoms. The van der Waals surface area contributed by atoms with Crippen molar-refractivity contribution < 1.29 is 18.3 Å². The van der Waals surface area contributed by atoms with E-state index in [1.807, 2.05) is 6.92 Å². The van der Waals surface area contributed by atoms with E-state index in [1.165, 1.54) is 0 Å². The summed E-state index contributed by atoms with van der Waals surface area (Å²) in [5, 5.41) is 12.4. The van der Waals surface area contributed by atoms with Gasteiger partial charge in [0.05, 0.1) is 11.7 Å². The van der Waals surface area contributed by atoms with Gasteiger partial charge in [-0.05, 0) is 12.5 Å². The lowest BCUT2D eigenvalue weighted by Gasteiger charge is -2.24. The van der Waals surface area contributed by atoms with Crippen LogP contribution in [0.4, 0.5) is 13.2 Å². The number of aliphatic hydroxyl groups excluding tert-OH is 1. The van der Waals surface area contributed by atoms with Crippen molar-refractivity contribution in [1.82, 2.24) is 5.32 Å². The molecule has 1 rings (SSSR count). The van der Waals surface area contributed by atoms with E-state index in [0.717, 1.165) is 0 Å². The molecule has 1 fully saturated rings. The molecule has 2 nitrogen and oxygen atoms in total. The Hall–Kier alpha value is -0.550. The summed E-state index contributed by atoms with van der Waals surface area (Å²) in [6, 6.07) is 0. The summed E-state index contributed by atoms with van der Waals surface area (Å²) in [5.41, 5.74) is -1.04. The predicted molar refractivity (Wildman–Crippen MR) is 46.7 cm³/mol. The lowest BCUT2D eigenvalue weighted by Crippen LogP contribution is -2.33. The first-order valence-corrected chi connectivity index (χ1v) is 4.48. The Morgan fingerprint density at radius 2 is 2.07 bits per heavy atom. The zero-order valence-corrected chi connectivity index (χ0v) is 7.93. The van der Waals surface area contributed by atoms with Crippen LogP contribution in [0.1, 0.15) is 6.92 Å². The molecular weight excluding hydrogens is 195 g/mol. The third kappa shape index (κ3) is 2.27. The first kappa shape index (κ1) is 11.5. The van der Waals surface area contributed by atoms with Crippen LogP contribution in [0, 0.1) is 11.8 Å². The number of alkyl halides is 3. The van der Waals surface area contributed by atoms with E-state index in [9.17, 15) is 18.3 Å². The van der Waals surface area contributed by atoms with E-state index in [2.05, 4.69) is 11.9 Å². The number of nitrogens with one attached hydrogen (secondary N) is 1. The lowest BCUT2D eigenvalue weighted by atomic mass is 9.88. The van der Waals surface area contributed by atoms with E-state index in [1.54, 1.807) is 0 Å². The quantitative estimate of drug-likeness (QED) is 0.672. The highest BCUT2D eigenvalue weighted by Crippen LogP contribution is 2.32. The predicted octanol–water partition coefficient (Wildman–Crippen LogP) is 1.32. The van der Waals surface area contributed by atoms with E-state index in [0.29, 0.717) is 13.1 Å². The zero-order valence-electron chi connectivity index (χ0n) is 7.93. The fourth-order valence-electron chi connectivity index (χ4n) is 1.68. The molecule has 0 radical (unpaired) electrons. The van der Waals surface area contributed by atoms with Gasteiger partial charge in [-0.25, -0.2) is 0 Å². The number of hydrogen-bond acceptors (Lipinski definition) is 2. The molecule has 0 spiro atoms. The number of hydrogen-bond donors (Lipinski definition) is 2. The monoisotopic (exact) mass is 209 g/mol. The summed E-state index contributed by atoms with van der Waals surface area (Å²) in [6.45, 7) is 5.78. The van der Waals surface area contributed by atoms with Crippen LogP contribution in [0.3, 0.4) is 0 Å². The van der Waals surface area contributed by atoms with Gasteiger partial charge in [-0.15, -0.1) is 0 Å². The molecule has 0 aliphatic carbocycles. The summed E-state index contributed by atoms with van der Waals surface area (Å²) < 4.78 is 36.6. The smallest absolute Gasteiger partial charge is 0.388 e. The molecule has 0 aromatic carbocycles.